The molecule has 74 heavy (non-hydrogen) atoms. The fourth-order valence-electron chi connectivity index (χ4n) is 8.53. The highest BCUT2D eigenvalue weighted by molar-refractivity contribution is 6.09. The highest BCUT2D eigenvalue weighted by Crippen LogP contribution is 2.41. The summed E-state index contributed by atoms with van der Waals surface area (Å²) >= 11 is 0. The molecule has 0 spiro atoms. The van der Waals surface area contributed by atoms with E-state index in [-0.39, 0.29) is 22.5 Å². The molecular formula is C58H44N10O6. The van der Waals surface area contributed by atoms with Crippen molar-refractivity contribution in [3.8, 4) is 22.6 Å². The van der Waals surface area contributed by atoms with Crippen molar-refractivity contribution in [2.24, 2.45) is 20.5 Å². The molecule has 4 heterocycles. The molecule has 0 fully saturated rings. The molecule has 0 aliphatic carbocycles. The minimum Gasteiger partial charge on any atom is -0.505 e. The number of anilines is 2. The number of fused-ring (bicyclic) bond motifs is 2. The van der Waals surface area contributed by atoms with Crippen molar-refractivity contribution in [3.05, 3.63) is 229 Å². The van der Waals surface area contributed by atoms with Crippen molar-refractivity contribution in [1.29, 1.82) is 0 Å². The van der Waals surface area contributed by atoms with Crippen LogP contribution in [0.25, 0.3) is 32.7 Å². The van der Waals surface area contributed by atoms with Crippen LogP contribution in [0.4, 0.5) is 34.1 Å². The van der Waals surface area contributed by atoms with Gasteiger partial charge in [-0.05, 0) is 126 Å². The molecule has 16 nitrogen and oxygen atoms in total. The maximum absolute atomic E-state index is 12.8. The first kappa shape index (κ1) is 47.5. The molecule has 0 unspecified atom stereocenters. The Kier molecular flexibility index (Phi) is 13.7. The van der Waals surface area contributed by atoms with Gasteiger partial charge in [-0.25, -0.2) is 9.59 Å². The molecule has 0 bridgehead atoms. The van der Waals surface area contributed by atoms with E-state index in [0.29, 0.717) is 64.7 Å². The molecule has 0 aliphatic heterocycles. The Labute approximate surface area is 423 Å². The number of carbonyl (C=O) groups is 2. The predicted molar refractivity (Wildman–Crippen MR) is 282 cm³/mol. The number of carboxylic acids is 2. The quantitative estimate of drug-likeness (QED) is 0.0626. The van der Waals surface area contributed by atoms with Gasteiger partial charge in [-0.2, -0.15) is 10.2 Å². The number of aromatic carboxylic acids is 2. The summed E-state index contributed by atoms with van der Waals surface area (Å²) in [6.45, 7) is 1.95. The van der Waals surface area contributed by atoms with Gasteiger partial charge >= 0.3 is 11.9 Å². The van der Waals surface area contributed by atoms with Gasteiger partial charge in [0.2, 0.25) is 0 Å². The molecule has 10 aromatic rings. The first-order chi connectivity index (χ1) is 36.1. The number of benzene rings is 6. The van der Waals surface area contributed by atoms with Crippen LogP contribution in [0.3, 0.4) is 0 Å². The fraction of sp³-hybridized carbons (Fsp3) is 0.0690. The monoisotopic (exact) mass is 976 g/mol. The van der Waals surface area contributed by atoms with Gasteiger partial charge in [0.15, 0.2) is 11.5 Å². The minimum absolute atomic E-state index is 0.0104. The van der Waals surface area contributed by atoms with Crippen molar-refractivity contribution < 1.29 is 30.0 Å². The van der Waals surface area contributed by atoms with E-state index in [9.17, 15) is 30.0 Å². The number of pyridine rings is 4. The number of phenols is 2. The van der Waals surface area contributed by atoms with Crippen LogP contribution in [0, 0.1) is 0 Å². The summed E-state index contributed by atoms with van der Waals surface area (Å²) in [5.41, 5.74) is 7.05. The number of carboxylic acid groups (broad SMARTS) is 2. The summed E-state index contributed by atoms with van der Waals surface area (Å²) in [5, 5.41) is 61.7. The van der Waals surface area contributed by atoms with Gasteiger partial charge in [-0.3, -0.25) is 19.9 Å². The average molecular weight is 977 g/mol. The van der Waals surface area contributed by atoms with Crippen LogP contribution >= 0.6 is 0 Å². The first-order valence-corrected chi connectivity index (χ1v) is 23.3. The summed E-state index contributed by atoms with van der Waals surface area (Å²) in [4.78, 5) is 47.3. The molecule has 0 saturated heterocycles. The van der Waals surface area contributed by atoms with Crippen LogP contribution in [0.15, 0.2) is 215 Å². The van der Waals surface area contributed by atoms with E-state index < -0.39 is 23.4 Å². The van der Waals surface area contributed by atoms with Crippen LogP contribution in [-0.4, -0.2) is 52.3 Å². The van der Waals surface area contributed by atoms with Crippen LogP contribution in [-0.2, 0) is 26.2 Å². The zero-order chi connectivity index (χ0) is 51.0. The number of hydrogen-bond acceptors (Lipinski definition) is 14. The molecule has 0 radical (unpaired) electrons. The van der Waals surface area contributed by atoms with Crippen molar-refractivity contribution in [2.75, 3.05) is 9.80 Å². The van der Waals surface area contributed by atoms with Gasteiger partial charge in [0.1, 0.15) is 22.5 Å². The molecule has 362 valence electrons. The van der Waals surface area contributed by atoms with E-state index in [1.807, 2.05) is 97.1 Å². The van der Waals surface area contributed by atoms with E-state index in [1.54, 1.807) is 91.5 Å². The third kappa shape index (κ3) is 10.7. The van der Waals surface area contributed by atoms with Crippen LogP contribution < -0.4 is 9.80 Å². The number of nitrogens with zero attached hydrogens (tertiary/aromatic N) is 10. The maximum Gasteiger partial charge on any atom is 0.340 e. The van der Waals surface area contributed by atoms with E-state index in [1.165, 1.54) is 6.07 Å². The number of aromatic nitrogens is 4. The summed E-state index contributed by atoms with van der Waals surface area (Å²) < 4.78 is 0. The van der Waals surface area contributed by atoms with E-state index in [0.717, 1.165) is 39.7 Å². The lowest BCUT2D eigenvalue weighted by Crippen LogP contribution is -2.23. The second kappa shape index (κ2) is 21.4. The fourth-order valence-corrected chi connectivity index (χ4v) is 8.53. The van der Waals surface area contributed by atoms with Gasteiger partial charge in [0.05, 0.1) is 60.3 Å². The van der Waals surface area contributed by atoms with Crippen molar-refractivity contribution in [1.82, 2.24) is 19.9 Å². The third-order valence-corrected chi connectivity index (χ3v) is 12.3. The summed E-state index contributed by atoms with van der Waals surface area (Å²) in [7, 11) is 0. The van der Waals surface area contributed by atoms with Crippen molar-refractivity contribution in [3.63, 3.8) is 0 Å². The molecule has 4 aromatic heterocycles. The third-order valence-electron chi connectivity index (χ3n) is 12.3. The average Bonchev–Trinajstić information content (AvgIpc) is 3.43. The summed E-state index contributed by atoms with van der Waals surface area (Å²) in [6.07, 6.45) is 6.99. The van der Waals surface area contributed by atoms with Crippen LogP contribution in [0.2, 0.25) is 0 Å². The standard InChI is InChI=1S/C58H44N10O6/c69-55-51(57(71)72)30-38-9-1-2-13-49(38)54(55)66-64-42-20-24-48(25-21-42)68(35-45-12-5-8-28-61-45)36-46-17-16-40(32-62-46)37-14-15-39-31-52(56(70)53(58(73)74)50(39)29-37)65-63-41-18-22-47(23-19-41)67(33-43-10-3-6-26-59-43)34-44-11-4-7-27-60-44/h1-32,69-70H,33-36H2,(H,71,72)(H,73,74). The Balaban J connectivity index is 0.864. The Bertz CT molecular complexity index is 3660. The molecule has 0 atom stereocenters. The Morgan fingerprint density at radius 1 is 0.446 bits per heavy atom. The minimum atomic E-state index is -1.32. The molecule has 16 heteroatoms. The number of hydrogen-bond donors (Lipinski definition) is 4. The van der Waals surface area contributed by atoms with Crippen LogP contribution in [0.1, 0.15) is 43.5 Å². The molecule has 0 amide bonds. The van der Waals surface area contributed by atoms with Crippen LogP contribution in [0.5, 0.6) is 11.5 Å². The van der Waals surface area contributed by atoms with Gasteiger partial charge in [0, 0.05) is 52.5 Å². The lowest BCUT2D eigenvalue weighted by Gasteiger charge is -2.24. The SMILES string of the molecule is O=C(O)c1cc2ccccc2c(N=Nc2ccc(N(Cc3ccccn3)Cc3ccc(-c4ccc5cc(N=Nc6ccc(N(Cc7ccccn7)Cc7ccccn7)cc6)c(O)c(C(=O)O)c5c4)cn3)cc2)c1O. The number of aromatic hydroxyl groups is 2. The smallest absolute Gasteiger partial charge is 0.340 e. The molecular weight excluding hydrogens is 933 g/mol. The van der Waals surface area contributed by atoms with Crippen molar-refractivity contribution in [2.45, 2.75) is 26.2 Å². The zero-order valence-electron chi connectivity index (χ0n) is 39.4. The predicted octanol–water partition coefficient (Wildman–Crippen LogP) is 13.3. The Morgan fingerprint density at radius 2 is 0.959 bits per heavy atom. The summed E-state index contributed by atoms with van der Waals surface area (Å²) in [6, 6.07) is 51.3. The van der Waals surface area contributed by atoms with E-state index in [4.69, 9.17) is 4.98 Å². The lowest BCUT2D eigenvalue weighted by molar-refractivity contribution is 0.0683. The van der Waals surface area contributed by atoms with Crippen molar-refractivity contribution >= 4 is 67.6 Å². The molecule has 0 aliphatic rings. The first-order valence-electron chi connectivity index (χ1n) is 23.3. The second-order valence-corrected chi connectivity index (χ2v) is 17.2. The maximum atomic E-state index is 12.8. The molecule has 0 saturated carbocycles. The number of azo groups is 2. The largest absolute Gasteiger partial charge is 0.505 e. The zero-order valence-corrected chi connectivity index (χ0v) is 39.4. The number of rotatable bonds is 17. The van der Waals surface area contributed by atoms with Gasteiger partial charge in [-0.15, -0.1) is 10.2 Å². The van der Waals surface area contributed by atoms with Gasteiger partial charge < -0.3 is 30.2 Å². The molecule has 10 rings (SSSR count). The second-order valence-electron chi connectivity index (χ2n) is 17.2. The van der Waals surface area contributed by atoms with E-state index in [2.05, 4.69) is 45.2 Å². The Hall–Kier alpha value is -10.2. The van der Waals surface area contributed by atoms with Gasteiger partial charge in [0.25, 0.3) is 0 Å². The summed E-state index contributed by atoms with van der Waals surface area (Å²) in [5.74, 6) is -3.56. The highest BCUT2D eigenvalue weighted by atomic mass is 16.4. The highest BCUT2D eigenvalue weighted by Gasteiger charge is 2.21. The topological polar surface area (TPSA) is 223 Å². The molecule has 6 aromatic carbocycles. The normalized spacial score (nSPS) is 11.4. The Morgan fingerprint density at radius 3 is 1.47 bits per heavy atom. The van der Waals surface area contributed by atoms with Gasteiger partial charge in [-0.1, -0.05) is 60.7 Å². The lowest BCUT2D eigenvalue weighted by atomic mass is 9.97. The van der Waals surface area contributed by atoms with E-state index >= 15 is 0 Å². The molecule has 4 N–H and O–H groups in total.